The molecular weight excluding hydrogens is 1040 g/mol. The van der Waals surface area contributed by atoms with Crippen LogP contribution in [0.25, 0.3) is 0 Å². The Labute approximate surface area is 451 Å². The lowest BCUT2D eigenvalue weighted by Crippen LogP contribution is -2.51. The highest BCUT2D eigenvalue weighted by Gasteiger charge is 2.45. The minimum atomic E-state index is -5.75. The Morgan fingerprint density at radius 3 is 2.06 bits per heavy atom. The van der Waals surface area contributed by atoms with Gasteiger partial charge in [-0.15, -0.1) is 0 Å². The Morgan fingerprint density at radius 2 is 1.45 bits per heavy atom. The van der Waals surface area contributed by atoms with Crippen LogP contribution in [0, 0.1) is 11.8 Å². The average Bonchev–Trinajstić information content (AvgIpc) is 3.37. The van der Waals surface area contributed by atoms with Gasteiger partial charge in [-0.3, -0.25) is 28.0 Å². The number of cyclic esters (lactones) is 1. The third-order valence-electron chi connectivity index (χ3n) is 12.0. The monoisotopic (exact) mass is 1120 g/mol. The van der Waals surface area contributed by atoms with E-state index in [2.05, 4.69) is 64.8 Å². The van der Waals surface area contributed by atoms with Crippen LogP contribution in [-0.4, -0.2) is 114 Å². The molecule has 0 aliphatic carbocycles. The molecule has 8 N–H and O–H groups in total. The Bertz CT molecular complexity index is 2350. The van der Waals surface area contributed by atoms with Gasteiger partial charge in [0, 0.05) is 31.4 Å². The number of ether oxygens (including phenoxy) is 3. The first kappa shape index (κ1) is 66.5. The number of Topliss-reactive ketones (excluding diaryl/α,β-unsaturated/α-hetero) is 1. The van der Waals surface area contributed by atoms with Crippen molar-refractivity contribution in [1.82, 2.24) is 9.55 Å². The maximum absolute atomic E-state index is 14.3. The highest BCUT2D eigenvalue weighted by atomic mass is 31.3. The molecule has 11 atom stereocenters. The number of hydrogen-bond acceptors (Lipinski definition) is 18. The first-order chi connectivity index (χ1) is 36.9. The van der Waals surface area contributed by atoms with Crippen LogP contribution in [-0.2, 0) is 51.1 Å². The molecular formula is C54H81N3O18P2. The van der Waals surface area contributed by atoms with Gasteiger partial charge in [-0.1, -0.05) is 130 Å². The van der Waals surface area contributed by atoms with Crippen molar-refractivity contribution < 1.29 is 81.3 Å². The number of hydrogen-bond donors (Lipinski definition) is 7. The fourth-order valence-electron chi connectivity index (χ4n) is 7.85. The topological polar surface area (TPSA) is 323 Å². The van der Waals surface area contributed by atoms with Crippen LogP contribution in [0.5, 0.6) is 0 Å². The molecule has 0 saturated carbocycles. The predicted molar refractivity (Wildman–Crippen MR) is 289 cm³/mol. The summed E-state index contributed by atoms with van der Waals surface area (Å²) in [5.74, 6) is -5.29. The summed E-state index contributed by atoms with van der Waals surface area (Å²) in [4.78, 5) is 78.4. The quantitative estimate of drug-likeness (QED) is 0.0252. The molecule has 0 spiro atoms. The van der Waals surface area contributed by atoms with Crippen molar-refractivity contribution in [2.75, 3.05) is 25.6 Å². The van der Waals surface area contributed by atoms with Crippen molar-refractivity contribution >= 4 is 39.2 Å². The van der Waals surface area contributed by atoms with Crippen LogP contribution >= 0.6 is 15.6 Å². The standard InChI is InChI=1S/C54H81N3O18P2/c1-3-5-7-8-9-10-11-12-13-14-15-16-17-18-19-20-21-22-28-32-50(62)73-42-38-70-49(61)31-27-24-23-26-30-44-46(60)37-45(59)43(34-33-41(58)29-25-6-4-2)51(63)52(64)47(40-72-77(68,69)75-76(66,67)71-39-42)74-53(44)57-36-35-48(55)56-54(57)65/h5,7,9-10,12-13,15-16,18-19,21-23,26,33-36,41-45,47,51-53,58-59,63-64H,3-4,6,8,11,14,17,20,24-25,27-32,37-40H2,1-2H3,(H,66,67)(H,68,69)(H2,55,56,65)/b7-5-,10-9-,13-12-,16-15-,19-18-,22-21-,26-23-,34-33+/t41-,42+,43-,44-,45+,47+,51-,52+,53+/m0/s1. The van der Waals surface area contributed by atoms with E-state index in [4.69, 9.17) is 29.0 Å². The van der Waals surface area contributed by atoms with Crippen molar-refractivity contribution in [1.29, 1.82) is 0 Å². The molecule has 2 aliphatic heterocycles. The van der Waals surface area contributed by atoms with Crippen molar-refractivity contribution in [3.8, 4) is 0 Å². The number of phosphoric ester groups is 2. The minimum Gasteiger partial charge on any atom is -0.462 e. The molecule has 0 amide bonds. The second kappa shape index (κ2) is 37.2. The second-order valence-electron chi connectivity index (χ2n) is 18.4. The van der Waals surface area contributed by atoms with Crippen LogP contribution in [0.15, 0.2) is 114 Å². The third-order valence-corrected chi connectivity index (χ3v) is 14.6. The smallest absolute Gasteiger partial charge is 0.462 e. The molecule has 2 aliphatic rings. The van der Waals surface area contributed by atoms with Crippen LogP contribution < -0.4 is 11.4 Å². The van der Waals surface area contributed by atoms with E-state index in [0.29, 0.717) is 19.3 Å². The minimum absolute atomic E-state index is 0.135. The fraction of sp³-hybridized carbons (Fsp3) is 0.574. The largest absolute Gasteiger partial charge is 0.481 e. The van der Waals surface area contributed by atoms with Crippen molar-refractivity contribution in [3.05, 3.63) is 120 Å². The SMILES string of the molecule is CC/C=C\C/C=C\C/C=C\C/C=C\C/C=C\C/C=C\CCC(=O)O[C@@H]1COC(=O)CCC/C=C\C[C@H]2C(=O)C[C@@H](O)[C@H](/C=C/[C@@H](O)CCCCC)[C@H](O)[C@H](O)[C@@H](COP(=O)(O)OP(=O)(O)OC1)O[C@H]2n1ccc(N)nc1=O. The maximum Gasteiger partial charge on any atom is 0.481 e. The zero-order chi connectivity index (χ0) is 56.5. The lowest BCUT2D eigenvalue weighted by Gasteiger charge is -2.38. The summed E-state index contributed by atoms with van der Waals surface area (Å²) in [6.45, 7) is 1.23. The van der Waals surface area contributed by atoms with Gasteiger partial charge in [0.15, 0.2) is 6.10 Å². The number of carbonyl (C=O) groups is 3. The van der Waals surface area contributed by atoms with E-state index in [-0.39, 0.29) is 44.3 Å². The van der Waals surface area contributed by atoms with E-state index < -0.39 is 120 Å². The van der Waals surface area contributed by atoms with Crippen LogP contribution in [0.4, 0.5) is 5.82 Å². The number of anilines is 1. The number of allylic oxidation sites excluding steroid dienone is 14. The number of carbonyl (C=O) groups excluding carboxylic acids is 3. The number of aliphatic hydroxyl groups excluding tert-OH is 4. The number of aromatic nitrogens is 2. The van der Waals surface area contributed by atoms with Crippen LogP contribution in [0.3, 0.4) is 0 Å². The van der Waals surface area contributed by atoms with Gasteiger partial charge in [-0.25, -0.2) is 13.9 Å². The molecule has 2 unspecified atom stereocenters. The number of unbranched alkanes of at least 4 members (excludes halogenated alkanes) is 2. The Morgan fingerprint density at radius 1 is 0.844 bits per heavy atom. The first-order valence-electron chi connectivity index (χ1n) is 26.4. The molecule has 1 aromatic rings. The molecule has 21 nitrogen and oxygen atoms in total. The molecule has 2 bridgehead atoms. The van der Waals surface area contributed by atoms with E-state index in [0.717, 1.165) is 55.7 Å². The molecule has 0 aromatic carbocycles. The van der Waals surface area contributed by atoms with E-state index in [1.165, 1.54) is 18.2 Å². The average molecular weight is 1120 g/mol. The van der Waals surface area contributed by atoms with Crippen LogP contribution in [0.2, 0.25) is 0 Å². The van der Waals surface area contributed by atoms with Crippen molar-refractivity contribution in [2.24, 2.45) is 11.8 Å². The Hall–Kier alpha value is -4.73. The summed E-state index contributed by atoms with van der Waals surface area (Å²) in [6.07, 6.45) is 26.7. The van der Waals surface area contributed by atoms with Crippen molar-refractivity contribution in [2.45, 2.75) is 166 Å². The van der Waals surface area contributed by atoms with Crippen LogP contribution in [0.1, 0.15) is 129 Å². The van der Waals surface area contributed by atoms with E-state index in [1.807, 2.05) is 25.2 Å². The number of rotatable bonds is 22. The fourth-order valence-corrected chi connectivity index (χ4v) is 9.96. The summed E-state index contributed by atoms with van der Waals surface area (Å²) >= 11 is 0. The predicted octanol–water partition coefficient (Wildman–Crippen LogP) is 7.81. The highest BCUT2D eigenvalue weighted by molar-refractivity contribution is 7.61. The number of ketones is 1. The number of aliphatic hydroxyl groups is 4. The van der Waals surface area contributed by atoms with Gasteiger partial charge in [0.2, 0.25) is 0 Å². The zero-order valence-electron chi connectivity index (χ0n) is 44.2. The van der Waals surface area contributed by atoms with Gasteiger partial charge in [0.1, 0.15) is 36.6 Å². The van der Waals surface area contributed by atoms with E-state index in [1.54, 1.807) is 18.2 Å². The number of nitrogen functional groups attached to an aromatic ring is 1. The Balaban J connectivity index is 1.78. The summed E-state index contributed by atoms with van der Waals surface area (Å²) in [7, 11) is -11.4. The molecule has 77 heavy (non-hydrogen) atoms. The highest BCUT2D eigenvalue weighted by Crippen LogP contribution is 2.60. The lowest BCUT2D eigenvalue weighted by molar-refractivity contribution is -0.183. The summed E-state index contributed by atoms with van der Waals surface area (Å²) in [6, 6.07) is 1.21. The normalized spacial score (nSPS) is 29.2. The molecule has 1 aromatic heterocycles. The van der Waals surface area contributed by atoms with E-state index in [9.17, 15) is 58.5 Å². The number of nitrogens with two attached hydrogens (primary N) is 1. The van der Waals surface area contributed by atoms with Gasteiger partial charge < -0.3 is 50.2 Å². The lowest BCUT2D eigenvalue weighted by atomic mass is 9.83. The Kier molecular flexibility index (Phi) is 32.1. The molecule has 430 valence electrons. The summed E-state index contributed by atoms with van der Waals surface area (Å²) < 4.78 is 58.8. The first-order valence-corrected chi connectivity index (χ1v) is 29.3. The molecule has 3 heterocycles. The van der Waals surface area contributed by atoms with Gasteiger partial charge in [0.25, 0.3) is 0 Å². The van der Waals surface area contributed by atoms with Gasteiger partial charge in [0.05, 0.1) is 37.4 Å². The number of nitrogens with zero attached hydrogens (tertiary/aromatic N) is 2. The van der Waals surface area contributed by atoms with Gasteiger partial charge in [-0.2, -0.15) is 9.29 Å². The molecule has 1 fully saturated rings. The number of esters is 2. The third kappa shape index (κ3) is 27.6. The van der Waals surface area contributed by atoms with E-state index >= 15 is 0 Å². The molecule has 1 saturated heterocycles. The number of phosphoric acid groups is 2. The molecule has 23 heteroatoms. The zero-order valence-corrected chi connectivity index (χ0v) is 46.0. The molecule has 3 rings (SSSR count). The second-order valence-corrected chi connectivity index (χ2v) is 21.5. The van der Waals surface area contributed by atoms with Gasteiger partial charge in [-0.05, 0) is 76.7 Å². The summed E-state index contributed by atoms with van der Waals surface area (Å²) in [5, 5.41) is 45.5. The molecule has 0 radical (unpaired) electrons. The van der Waals surface area contributed by atoms with Gasteiger partial charge >= 0.3 is 33.3 Å². The maximum atomic E-state index is 14.3. The number of fused-ring (bicyclic) bond motifs is 3. The van der Waals surface area contributed by atoms with Crippen molar-refractivity contribution in [3.63, 3.8) is 0 Å². The summed E-state index contributed by atoms with van der Waals surface area (Å²) in [5.41, 5.74) is 4.71.